The first-order valence-corrected chi connectivity index (χ1v) is 16.2. The van der Waals surface area contributed by atoms with E-state index in [4.69, 9.17) is 18.6 Å². The van der Waals surface area contributed by atoms with Gasteiger partial charge >= 0.3 is 11.9 Å². The number of carbonyl (C=O) groups is 2. The van der Waals surface area contributed by atoms with Crippen LogP contribution in [0.4, 0.5) is 0 Å². The molecule has 0 amide bonds. The molecule has 1 heterocycles. The second-order valence-corrected chi connectivity index (χ2v) is 15.8. The first-order valence-electron chi connectivity index (χ1n) is 14.3. The van der Waals surface area contributed by atoms with Crippen molar-refractivity contribution in [3.63, 3.8) is 0 Å². The maximum Gasteiger partial charge on any atom is 0.338 e. The molecule has 0 bridgehead atoms. The van der Waals surface area contributed by atoms with E-state index in [2.05, 4.69) is 20.8 Å². The lowest BCUT2D eigenvalue weighted by molar-refractivity contribution is -0.135. The molecule has 5 rings (SSSR count). The molecule has 0 aromatic heterocycles. The second-order valence-electron chi connectivity index (χ2n) is 11.5. The number of aliphatic hydroxyl groups excluding tert-OH is 1. The minimum Gasteiger partial charge on any atom is -0.459 e. The molecule has 4 aromatic carbocycles. The summed E-state index contributed by atoms with van der Waals surface area (Å²) in [5.41, 5.74) is 0.718. The Kier molecular flexibility index (Phi) is 9.22. The van der Waals surface area contributed by atoms with Gasteiger partial charge in [-0.15, -0.1) is 0 Å². The predicted octanol–water partition coefficient (Wildman–Crippen LogP) is 4.73. The molecule has 1 saturated heterocycles. The van der Waals surface area contributed by atoms with Crippen LogP contribution in [0.15, 0.2) is 121 Å². The van der Waals surface area contributed by atoms with Crippen LogP contribution in [-0.2, 0) is 18.6 Å². The highest BCUT2D eigenvalue weighted by Crippen LogP contribution is 2.40. The third-order valence-corrected chi connectivity index (χ3v) is 12.7. The number of aliphatic hydroxyl groups is 1. The van der Waals surface area contributed by atoms with Gasteiger partial charge < -0.3 is 23.7 Å². The fourth-order valence-electron chi connectivity index (χ4n) is 5.59. The zero-order valence-corrected chi connectivity index (χ0v) is 25.5. The van der Waals surface area contributed by atoms with Crippen molar-refractivity contribution in [3.8, 4) is 0 Å². The van der Waals surface area contributed by atoms with Crippen LogP contribution in [0, 0.1) is 0 Å². The lowest BCUT2D eigenvalue weighted by Crippen LogP contribution is -2.69. The molecule has 1 fully saturated rings. The van der Waals surface area contributed by atoms with Crippen molar-refractivity contribution < 1.29 is 33.3 Å². The number of carbonyl (C=O) groups excluding carboxylic acids is 2. The van der Waals surface area contributed by atoms with E-state index in [1.807, 2.05) is 66.7 Å². The van der Waals surface area contributed by atoms with Gasteiger partial charge in [0, 0.05) is 0 Å². The van der Waals surface area contributed by atoms with E-state index in [-0.39, 0.29) is 6.61 Å². The van der Waals surface area contributed by atoms with Crippen LogP contribution in [0.1, 0.15) is 41.5 Å². The third kappa shape index (κ3) is 6.47. The molecule has 0 unspecified atom stereocenters. The molecule has 8 heteroatoms. The summed E-state index contributed by atoms with van der Waals surface area (Å²) in [7, 11) is -3.20. The topological polar surface area (TPSA) is 91.3 Å². The molecule has 0 saturated carbocycles. The average Bonchev–Trinajstić information content (AvgIpc) is 3.32. The van der Waals surface area contributed by atoms with Gasteiger partial charge in [-0.3, -0.25) is 0 Å². The molecular formula is C35H36O7Si. The summed E-state index contributed by atoms with van der Waals surface area (Å²) < 4.78 is 24.8. The van der Waals surface area contributed by atoms with Gasteiger partial charge in [-0.05, 0) is 39.7 Å². The molecule has 4 atom stereocenters. The molecule has 0 spiro atoms. The van der Waals surface area contributed by atoms with Crippen molar-refractivity contribution in [2.45, 2.75) is 50.4 Å². The van der Waals surface area contributed by atoms with E-state index in [9.17, 15) is 14.7 Å². The minimum atomic E-state index is -3.20. The molecule has 4 aromatic rings. The van der Waals surface area contributed by atoms with Crippen molar-refractivity contribution in [1.82, 2.24) is 0 Å². The van der Waals surface area contributed by atoms with E-state index in [0.717, 1.165) is 10.4 Å². The van der Waals surface area contributed by atoms with Gasteiger partial charge in [-0.2, -0.15) is 0 Å². The molecule has 1 aliphatic heterocycles. The van der Waals surface area contributed by atoms with Crippen LogP contribution in [0.25, 0.3) is 0 Å². The summed E-state index contributed by atoms with van der Waals surface area (Å²) in [6, 6.07) is 37.2. The van der Waals surface area contributed by atoms with E-state index in [1.165, 1.54) is 0 Å². The van der Waals surface area contributed by atoms with Gasteiger partial charge in [0.05, 0.1) is 11.1 Å². The molecule has 0 radical (unpaired) electrons. The van der Waals surface area contributed by atoms with E-state index >= 15 is 0 Å². The first-order chi connectivity index (χ1) is 20.7. The largest absolute Gasteiger partial charge is 0.459 e. The highest BCUT2D eigenvalue weighted by Gasteiger charge is 2.57. The standard InChI is InChI=1S/C35H36O7Si/c1-35(2,3)43(27-20-12-6-13-21-27,28-22-14-7-15-23-28)42-30-29(24-39-32(36)25-16-8-4-9-17-25)40-34(38)31(30)41-33(37)26-18-10-5-11-19-26/h4-23,29-31,34,38H,24H2,1-3H3/t29-,30-,31+,34+/m0/s1. The van der Waals surface area contributed by atoms with Gasteiger partial charge in [0.2, 0.25) is 0 Å². The Labute approximate surface area is 253 Å². The number of rotatable bonds is 9. The zero-order chi connectivity index (χ0) is 30.5. The van der Waals surface area contributed by atoms with E-state index < -0.39 is 49.9 Å². The van der Waals surface area contributed by atoms with Crippen LogP contribution < -0.4 is 10.4 Å². The Hall–Kier alpha value is -4.08. The lowest BCUT2D eigenvalue weighted by atomic mass is 10.1. The second kappa shape index (κ2) is 13.1. The number of hydrogen-bond donors (Lipinski definition) is 1. The van der Waals surface area contributed by atoms with Crippen molar-refractivity contribution >= 4 is 30.6 Å². The van der Waals surface area contributed by atoms with Crippen LogP contribution >= 0.6 is 0 Å². The minimum absolute atomic E-state index is 0.215. The van der Waals surface area contributed by atoms with E-state index in [1.54, 1.807) is 54.6 Å². The van der Waals surface area contributed by atoms with Crippen molar-refractivity contribution in [2.75, 3.05) is 6.61 Å². The van der Waals surface area contributed by atoms with Crippen molar-refractivity contribution in [1.29, 1.82) is 0 Å². The van der Waals surface area contributed by atoms with Gasteiger partial charge in [0.25, 0.3) is 8.32 Å². The highest BCUT2D eigenvalue weighted by atomic mass is 28.4. The van der Waals surface area contributed by atoms with Crippen LogP contribution in [0.3, 0.4) is 0 Å². The monoisotopic (exact) mass is 596 g/mol. The van der Waals surface area contributed by atoms with Crippen molar-refractivity contribution in [3.05, 3.63) is 132 Å². The number of esters is 2. The molecule has 0 aliphatic carbocycles. The Morgan fingerprint density at radius 3 is 1.60 bits per heavy atom. The fourth-order valence-corrected chi connectivity index (χ4v) is 10.3. The number of hydrogen-bond acceptors (Lipinski definition) is 7. The first kappa shape index (κ1) is 30.4. The highest BCUT2D eigenvalue weighted by molar-refractivity contribution is 6.99. The summed E-state index contributed by atoms with van der Waals surface area (Å²) in [5.74, 6) is -1.15. The third-order valence-electron chi connectivity index (χ3n) is 7.66. The Morgan fingerprint density at radius 1 is 0.698 bits per heavy atom. The van der Waals surface area contributed by atoms with Gasteiger partial charge in [0.1, 0.15) is 18.8 Å². The molecule has 222 valence electrons. The summed E-state index contributed by atoms with van der Waals surface area (Å²) in [4.78, 5) is 26.1. The molecule has 7 nitrogen and oxygen atoms in total. The maximum atomic E-state index is 13.2. The average molecular weight is 597 g/mol. The molecule has 1 aliphatic rings. The Bertz CT molecular complexity index is 1450. The predicted molar refractivity (Wildman–Crippen MR) is 166 cm³/mol. The van der Waals surface area contributed by atoms with Crippen LogP contribution in [0.5, 0.6) is 0 Å². The molecular weight excluding hydrogens is 560 g/mol. The summed E-state index contributed by atoms with van der Waals surface area (Å²) in [6.07, 6.45) is -4.57. The summed E-state index contributed by atoms with van der Waals surface area (Å²) >= 11 is 0. The van der Waals surface area contributed by atoms with Gasteiger partial charge in [0.15, 0.2) is 12.4 Å². The van der Waals surface area contributed by atoms with Gasteiger partial charge in [-0.1, -0.05) is 118 Å². The van der Waals surface area contributed by atoms with Crippen molar-refractivity contribution in [2.24, 2.45) is 0 Å². The van der Waals surface area contributed by atoms with Crippen LogP contribution in [0.2, 0.25) is 5.04 Å². The summed E-state index contributed by atoms with van der Waals surface area (Å²) in [6.45, 7) is 6.16. The lowest BCUT2D eigenvalue weighted by Gasteiger charge is -2.45. The smallest absolute Gasteiger partial charge is 0.338 e. The number of ether oxygens (including phenoxy) is 3. The zero-order valence-electron chi connectivity index (χ0n) is 24.5. The molecule has 43 heavy (non-hydrogen) atoms. The summed E-state index contributed by atoms with van der Waals surface area (Å²) in [5, 5.41) is 12.7. The number of benzene rings is 4. The SMILES string of the molecule is CC(C)(C)[Si](O[C@@H]1[C@@H](OC(=O)c2ccccc2)[C@H](O)O[C@H]1COC(=O)c1ccccc1)(c1ccccc1)c1ccccc1. The molecule has 1 N–H and O–H groups in total. The van der Waals surface area contributed by atoms with Gasteiger partial charge in [-0.25, -0.2) is 9.59 Å². The van der Waals surface area contributed by atoms with Crippen LogP contribution in [-0.4, -0.2) is 56.6 Å². The Morgan fingerprint density at radius 2 is 1.14 bits per heavy atom. The maximum absolute atomic E-state index is 13.2. The quantitative estimate of drug-likeness (QED) is 0.221. The van der Waals surface area contributed by atoms with E-state index in [0.29, 0.717) is 11.1 Å². The fraction of sp³-hybridized carbons (Fsp3) is 0.257. The normalized spacial score (nSPS) is 20.4. The Balaban J connectivity index is 1.55.